The van der Waals surface area contributed by atoms with E-state index < -0.39 is 0 Å². The van der Waals surface area contributed by atoms with E-state index in [-0.39, 0.29) is 0 Å². The van der Waals surface area contributed by atoms with Crippen molar-refractivity contribution in [1.82, 2.24) is 4.98 Å². The van der Waals surface area contributed by atoms with E-state index in [4.69, 9.17) is 4.98 Å². The van der Waals surface area contributed by atoms with Gasteiger partial charge in [-0.05, 0) is 91.6 Å². The fourth-order valence-electron chi connectivity index (χ4n) is 8.11. The number of nitrogens with zero attached hydrogens (tertiary/aromatic N) is 1. The van der Waals surface area contributed by atoms with Gasteiger partial charge in [-0.3, -0.25) is 9.78 Å². The van der Waals surface area contributed by atoms with E-state index in [0.717, 1.165) is 37.0 Å². The number of carbonyl (C=O) groups is 1. The summed E-state index contributed by atoms with van der Waals surface area (Å²) in [5, 5.41) is 0. The lowest BCUT2D eigenvalue weighted by molar-refractivity contribution is -0.138. The molecule has 0 saturated heterocycles. The molecule has 2 heteroatoms. The van der Waals surface area contributed by atoms with Crippen molar-refractivity contribution in [2.45, 2.75) is 77.6 Å². The van der Waals surface area contributed by atoms with Gasteiger partial charge >= 0.3 is 0 Å². The highest BCUT2D eigenvalue weighted by molar-refractivity contribution is 5.79. The quantitative estimate of drug-likeness (QED) is 0.642. The zero-order chi connectivity index (χ0) is 17.9. The van der Waals surface area contributed by atoms with Gasteiger partial charge in [-0.25, -0.2) is 0 Å². The van der Waals surface area contributed by atoms with Crippen LogP contribution < -0.4 is 0 Å². The van der Waals surface area contributed by atoms with Gasteiger partial charge in [0.2, 0.25) is 0 Å². The summed E-state index contributed by atoms with van der Waals surface area (Å²) in [6, 6.07) is 6.47. The van der Waals surface area contributed by atoms with Crippen molar-refractivity contribution in [2.24, 2.45) is 34.5 Å². The Bertz CT molecular complexity index is 699. The summed E-state index contributed by atoms with van der Waals surface area (Å²) in [6.07, 6.45) is 13.0. The zero-order valence-corrected chi connectivity index (χ0v) is 16.4. The minimum Gasteiger partial charge on any atom is -0.300 e. The van der Waals surface area contributed by atoms with E-state index in [1.165, 1.54) is 44.2 Å². The van der Waals surface area contributed by atoms with Crippen molar-refractivity contribution in [3.8, 4) is 0 Å². The predicted octanol–water partition coefficient (Wildman–Crippen LogP) is 5.78. The molecule has 26 heavy (non-hydrogen) atoms. The lowest BCUT2D eigenvalue weighted by atomic mass is 9.44. The minimum atomic E-state index is 0.432. The molecule has 4 saturated carbocycles. The smallest absolute Gasteiger partial charge is 0.133 e. The molecule has 1 heterocycles. The topological polar surface area (TPSA) is 30.0 Å². The fourth-order valence-corrected chi connectivity index (χ4v) is 8.11. The molecule has 0 bridgehead atoms. The lowest BCUT2D eigenvalue weighted by Crippen LogP contribution is -2.53. The minimum absolute atomic E-state index is 0.432. The number of fused-ring (bicyclic) bond motifs is 5. The third kappa shape index (κ3) is 2.29. The van der Waals surface area contributed by atoms with Crippen molar-refractivity contribution in [3.63, 3.8) is 0 Å². The molecule has 5 rings (SSSR count). The maximum atomic E-state index is 12.0. The van der Waals surface area contributed by atoms with Crippen LogP contribution in [0.4, 0.5) is 0 Å². The van der Waals surface area contributed by atoms with Crippen LogP contribution in [0.2, 0.25) is 0 Å². The average molecular weight is 352 g/mol. The van der Waals surface area contributed by atoms with Crippen LogP contribution in [0.5, 0.6) is 0 Å². The van der Waals surface area contributed by atoms with Crippen molar-refractivity contribution in [1.29, 1.82) is 0 Å². The van der Waals surface area contributed by atoms with Crippen molar-refractivity contribution >= 4 is 5.78 Å². The van der Waals surface area contributed by atoms with Gasteiger partial charge in [0, 0.05) is 30.7 Å². The van der Waals surface area contributed by atoms with E-state index in [1.807, 2.05) is 12.3 Å². The van der Waals surface area contributed by atoms with Gasteiger partial charge in [0.15, 0.2) is 0 Å². The monoisotopic (exact) mass is 351 g/mol. The van der Waals surface area contributed by atoms with E-state index in [9.17, 15) is 4.79 Å². The van der Waals surface area contributed by atoms with Crippen LogP contribution in [0.1, 0.15) is 83.2 Å². The SMILES string of the molecule is C[C@]12CCC(=O)CC1CC[C@@H]1[C@H]2CC[C@]2(C)C(c3ccccn3)CC[C@@H]12. The summed E-state index contributed by atoms with van der Waals surface area (Å²) >= 11 is 0. The first kappa shape index (κ1) is 17.0. The van der Waals surface area contributed by atoms with Crippen LogP contribution in [0, 0.1) is 34.5 Å². The summed E-state index contributed by atoms with van der Waals surface area (Å²) in [5.41, 5.74) is 2.20. The van der Waals surface area contributed by atoms with Gasteiger partial charge in [-0.2, -0.15) is 0 Å². The normalized spacial score (nSPS) is 47.8. The Balaban J connectivity index is 1.44. The molecule has 0 aromatic carbocycles. The number of rotatable bonds is 1. The molecule has 0 aliphatic heterocycles. The molecule has 4 aliphatic carbocycles. The molecular weight excluding hydrogens is 318 g/mol. The lowest BCUT2D eigenvalue weighted by Gasteiger charge is -2.60. The van der Waals surface area contributed by atoms with Gasteiger partial charge in [0.1, 0.15) is 5.78 Å². The second-order valence-electron chi connectivity index (χ2n) is 10.3. The molecule has 0 amide bonds. The Morgan fingerprint density at radius 1 is 0.962 bits per heavy atom. The highest BCUT2D eigenvalue weighted by atomic mass is 16.1. The second kappa shape index (κ2) is 5.91. The third-order valence-electron chi connectivity index (χ3n) is 9.53. The Labute approximate surface area is 158 Å². The molecule has 0 radical (unpaired) electrons. The number of hydrogen-bond acceptors (Lipinski definition) is 2. The Morgan fingerprint density at radius 2 is 1.81 bits per heavy atom. The largest absolute Gasteiger partial charge is 0.300 e. The number of carbonyl (C=O) groups excluding carboxylic acids is 1. The van der Waals surface area contributed by atoms with E-state index in [2.05, 4.69) is 26.0 Å². The van der Waals surface area contributed by atoms with Gasteiger partial charge in [0.05, 0.1) is 0 Å². The van der Waals surface area contributed by atoms with Crippen LogP contribution in [0.25, 0.3) is 0 Å². The molecule has 4 aliphatic rings. The van der Waals surface area contributed by atoms with Crippen LogP contribution in [-0.2, 0) is 4.79 Å². The van der Waals surface area contributed by atoms with Crippen LogP contribution >= 0.6 is 0 Å². The Kier molecular flexibility index (Phi) is 3.85. The summed E-state index contributed by atoms with van der Waals surface area (Å²) < 4.78 is 0. The first-order valence-electron chi connectivity index (χ1n) is 10.9. The number of hydrogen-bond donors (Lipinski definition) is 0. The number of pyridine rings is 1. The molecular formula is C24H33NO. The number of ketones is 1. The Morgan fingerprint density at radius 3 is 2.62 bits per heavy atom. The maximum absolute atomic E-state index is 12.0. The first-order valence-corrected chi connectivity index (χ1v) is 10.9. The fraction of sp³-hybridized carbons (Fsp3) is 0.750. The number of aromatic nitrogens is 1. The van der Waals surface area contributed by atoms with E-state index in [1.54, 1.807) is 0 Å². The average Bonchev–Trinajstić information content (AvgIpc) is 3.00. The molecule has 1 aromatic rings. The van der Waals surface area contributed by atoms with Crippen molar-refractivity contribution < 1.29 is 4.79 Å². The van der Waals surface area contributed by atoms with Crippen LogP contribution in [-0.4, -0.2) is 10.8 Å². The predicted molar refractivity (Wildman–Crippen MR) is 104 cm³/mol. The highest BCUT2D eigenvalue weighted by Crippen LogP contribution is 2.68. The van der Waals surface area contributed by atoms with Crippen molar-refractivity contribution in [3.05, 3.63) is 30.1 Å². The molecule has 7 atom stereocenters. The summed E-state index contributed by atoms with van der Waals surface area (Å²) in [7, 11) is 0. The molecule has 4 fully saturated rings. The number of Topliss-reactive ketones (excluding diaryl/α,β-unsaturated/α-hetero) is 1. The van der Waals surface area contributed by atoms with Gasteiger partial charge in [-0.15, -0.1) is 0 Å². The van der Waals surface area contributed by atoms with Crippen LogP contribution in [0.15, 0.2) is 24.4 Å². The van der Waals surface area contributed by atoms with Crippen LogP contribution in [0.3, 0.4) is 0 Å². The van der Waals surface area contributed by atoms with Gasteiger partial charge in [0.25, 0.3) is 0 Å². The van der Waals surface area contributed by atoms with E-state index in [0.29, 0.717) is 28.4 Å². The molecule has 0 N–H and O–H groups in total. The second-order valence-corrected chi connectivity index (χ2v) is 10.3. The standard InChI is InChI=1S/C24H33NO/c1-23-12-10-17(26)15-16(23)6-7-18-19-8-9-21(22-5-3-4-14-25-22)24(19,2)13-11-20(18)23/h3-5,14,16,18-21H,6-13,15H2,1-2H3/t16?,18-,19-,20+,21?,23-,24-/m0/s1. The third-order valence-corrected chi connectivity index (χ3v) is 9.53. The van der Waals surface area contributed by atoms with Gasteiger partial charge in [-0.1, -0.05) is 19.9 Å². The summed E-state index contributed by atoms with van der Waals surface area (Å²) in [5.74, 6) is 4.45. The molecule has 2 nitrogen and oxygen atoms in total. The summed E-state index contributed by atoms with van der Waals surface area (Å²) in [4.78, 5) is 16.8. The Hall–Kier alpha value is -1.18. The maximum Gasteiger partial charge on any atom is 0.133 e. The van der Waals surface area contributed by atoms with Crippen molar-refractivity contribution in [2.75, 3.05) is 0 Å². The highest BCUT2D eigenvalue weighted by Gasteiger charge is 2.60. The van der Waals surface area contributed by atoms with E-state index >= 15 is 0 Å². The first-order chi connectivity index (χ1) is 12.5. The molecule has 1 aromatic heterocycles. The molecule has 2 unspecified atom stereocenters. The molecule has 140 valence electrons. The summed E-state index contributed by atoms with van der Waals surface area (Å²) in [6.45, 7) is 5.13. The molecule has 0 spiro atoms. The van der Waals surface area contributed by atoms with Gasteiger partial charge < -0.3 is 0 Å². The zero-order valence-electron chi connectivity index (χ0n) is 16.4.